The molecule has 29 heavy (non-hydrogen) atoms. The Morgan fingerprint density at radius 2 is 1.83 bits per heavy atom. The third-order valence-electron chi connectivity index (χ3n) is 4.84. The average molecular weight is 391 g/mol. The highest BCUT2D eigenvalue weighted by Gasteiger charge is 2.34. The molecular weight excluding hydrogens is 370 g/mol. The SMILES string of the molecule is COC(=O)C1=C(C)Nc2nnnn2[C@H]1c1ccc(OCc2ccc(C)cc2)cc1. The first kappa shape index (κ1) is 18.7. The number of anilines is 1. The molecule has 0 unspecified atom stereocenters. The fraction of sp³-hybridized carbons (Fsp3) is 0.238. The van der Waals surface area contributed by atoms with Gasteiger partial charge in [-0.05, 0) is 47.5 Å². The zero-order valence-electron chi connectivity index (χ0n) is 16.4. The van der Waals surface area contributed by atoms with E-state index in [1.807, 2.05) is 36.4 Å². The summed E-state index contributed by atoms with van der Waals surface area (Å²) in [7, 11) is 1.36. The van der Waals surface area contributed by atoms with Crippen molar-refractivity contribution in [3.05, 3.63) is 76.5 Å². The maximum absolute atomic E-state index is 12.4. The van der Waals surface area contributed by atoms with Crippen LogP contribution in [0.15, 0.2) is 59.8 Å². The Kier molecular flexibility index (Phi) is 4.99. The molecule has 2 heterocycles. The van der Waals surface area contributed by atoms with E-state index in [0.717, 1.165) is 16.9 Å². The summed E-state index contributed by atoms with van der Waals surface area (Å²) in [4.78, 5) is 12.4. The molecule has 0 aliphatic carbocycles. The number of aromatic nitrogens is 4. The molecule has 148 valence electrons. The minimum atomic E-state index is -0.486. The van der Waals surface area contributed by atoms with E-state index in [-0.39, 0.29) is 0 Å². The van der Waals surface area contributed by atoms with E-state index in [1.165, 1.54) is 12.7 Å². The Morgan fingerprint density at radius 3 is 2.52 bits per heavy atom. The van der Waals surface area contributed by atoms with Gasteiger partial charge in [0.25, 0.3) is 0 Å². The summed E-state index contributed by atoms with van der Waals surface area (Å²) < 4.78 is 12.4. The van der Waals surface area contributed by atoms with E-state index in [9.17, 15) is 4.79 Å². The van der Waals surface area contributed by atoms with Crippen LogP contribution in [0.25, 0.3) is 0 Å². The normalized spacial score (nSPS) is 15.5. The van der Waals surface area contributed by atoms with Gasteiger partial charge in [0.2, 0.25) is 5.95 Å². The molecule has 1 aliphatic rings. The van der Waals surface area contributed by atoms with Gasteiger partial charge in [-0.15, -0.1) is 0 Å². The summed E-state index contributed by atoms with van der Waals surface area (Å²) in [6.45, 7) is 4.34. The number of ether oxygens (including phenoxy) is 2. The van der Waals surface area contributed by atoms with Crippen LogP contribution in [0.1, 0.15) is 29.7 Å². The number of carbonyl (C=O) groups is 1. The second kappa shape index (κ2) is 7.75. The van der Waals surface area contributed by atoms with E-state index in [2.05, 4.69) is 39.9 Å². The van der Waals surface area contributed by atoms with Crippen LogP contribution in [0.3, 0.4) is 0 Å². The Balaban J connectivity index is 1.58. The Morgan fingerprint density at radius 1 is 1.10 bits per heavy atom. The van der Waals surface area contributed by atoms with Crippen LogP contribution in [0, 0.1) is 6.92 Å². The zero-order valence-corrected chi connectivity index (χ0v) is 16.4. The number of hydrogen-bond donors (Lipinski definition) is 1. The van der Waals surface area contributed by atoms with Gasteiger partial charge in [0, 0.05) is 5.70 Å². The molecule has 1 N–H and O–H groups in total. The fourth-order valence-corrected chi connectivity index (χ4v) is 3.29. The Bertz CT molecular complexity index is 1050. The first-order chi connectivity index (χ1) is 14.1. The van der Waals surface area contributed by atoms with Crippen LogP contribution in [0.5, 0.6) is 5.75 Å². The quantitative estimate of drug-likeness (QED) is 0.669. The van der Waals surface area contributed by atoms with Crippen molar-refractivity contribution in [1.82, 2.24) is 20.2 Å². The molecule has 3 aromatic rings. The van der Waals surface area contributed by atoms with Crippen LogP contribution in [-0.4, -0.2) is 33.3 Å². The molecule has 1 aromatic heterocycles. The zero-order chi connectivity index (χ0) is 20.4. The molecule has 0 fully saturated rings. The standard InChI is InChI=1S/C21H21N5O3/c1-13-4-6-15(7-5-13)12-29-17-10-8-16(9-11-17)19-18(20(27)28-3)14(2)22-21-23-24-25-26(19)21/h4-11,19H,12H2,1-3H3,(H,22,23,25)/t19-/m0/s1. The lowest BCUT2D eigenvalue weighted by Gasteiger charge is -2.27. The molecule has 2 aromatic carbocycles. The smallest absolute Gasteiger partial charge is 0.338 e. The number of methoxy groups -OCH3 is 1. The number of rotatable bonds is 5. The first-order valence-corrected chi connectivity index (χ1v) is 9.19. The highest BCUT2D eigenvalue weighted by Crippen LogP contribution is 2.35. The predicted octanol–water partition coefficient (Wildman–Crippen LogP) is 3.02. The molecule has 0 radical (unpaired) electrons. The van der Waals surface area contributed by atoms with Crippen LogP contribution in [-0.2, 0) is 16.1 Å². The lowest BCUT2D eigenvalue weighted by Crippen LogP contribution is -2.29. The average Bonchev–Trinajstić information content (AvgIpc) is 3.20. The lowest BCUT2D eigenvalue weighted by molar-refractivity contribution is -0.136. The monoisotopic (exact) mass is 391 g/mol. The van der Waals surface area contributed by atoms with Crippen LogP contribution in [0.4, 0.5) is 5.95 Å². The summed E-state index contributed by atoms with van der Waals surface area (Å²) in [5.41, 5.74) is 4.28. The van der Waals surface area contributed by atoms with Crippen molar-refractivity contribution in [3.8, 4) is 5.75 Å². The number of hydrogen-bond acceptors (Lipinski definition) is 7. The van der Waals surface area contributed by atoms with Crippen molar-refractivity contribution in [2.45, 2.75) is 26.5 Å². The van der Waals surface area contributed by atoms with Gasteiger partial charge in [0.05, 0.1) is 12.7 Å². The van der Waals surface area contributed by atoms with Gasteiger partial charge >= 0.3 is 5.97 Å². The molecule has 0 bridgehead atoms. The van der Waals surface area contributed by atoms with E-state index in [4.69, 9.17) is 9.47 Å². The minimum Gasteiger partial charge on any atom is -0.489 e. The maximum atomic E-state index is 12.4. The van der Waals surface area contributed by atoms with Crippen LogP contribution in [0.2, 0.25) is 0 Å². The van der Waals surface area contributed by atoms with Gasteiger partial charge in [-0.2, -0.15) is 4.68 Å². The number of nitrogens with zero attached hydrogens (tertiary/aromatic N) is 4. The number of carbonyl (C=O) groups excluding carboxylic acids is 1. The molecule has 4 rings (SSSR count). The van der Waals surface area contributed by atoms with Crippen LogP contribution >= 0.6 is 0 Å². The van der Waals surface area contributed by atoms with Crippen molar-refractivity contribution >= 4 is 11.9 Å². The molecule has 0 saturated carbocycles. The number of fused-ring (bicyclic) bond motifs is 1. The predicted molar refractivity (Wildman–Crippen MR) is 106 cm³/mol. The molecule has 1 aliphatic heterocycles. The number of benzene rings is 2. The van der Waals surface area contributed by atoms with Gasteiger partial charge in [0.1, 0.15) is 18.4 Å². The maximum Gasteiger partial charge on any atom is 0.338 e. The van der Waals surface area contributed by atoms with Crippen molar-refractivity contribution in [1.29, 1.82) is 0 Å². The molecule has 8 nitrogen and oxygen atoms in total. The van der Waals surface area contributed by atoms with Crippen molar-refractivity contribution in [2.24, 2.45) is 0 Å². The third-order valence-corrected chi connectivity index (χ3v) is 4.84. The van der Waals surface area contributed by atoms with Gasteiger partial charge in [-0.1, -0.05) is 47.1 Å². The largest absolute Gasteiger partial charge is 0.489 e. The topological polar surface area (TPSA) is 91.2 Å². The highest BCUT2D eigenvalue weighted by molar-refractivity contribution is 5.92. The number of esters is 1. The Labute approximate surface area is 168 Å². The van der Waals surface area contributed by atoms with Crippen molar-refractivity contribution in [3.63, 3.8) is 0 Å². The van der Waals surface area contributed by atoms with Gasteiger partial charge in [-0.3, -0.25) is 0 Å². The molecule has 0 spiro atoms. The van der Waals surface area contributed by atoms with Crippen molar-refractivity contribution < 1.29 is 14.3 Å². The summed E-state index contributed by atoms with van der Waals surface area (Å²) in [5, 5.41) is 14.8. The van der Waals surface area contributed by atoms with Crippen molar-refractivity contribution in [2.75, 3.05) is 12.4 Å². The number of allylic oxidation sites excluding steroid dienone is 1. The second-order valence-corrected chi connectivity index (χ2v) is 6.85. The number of tetrazole rings is 1. The second-order valence-electron chi connectivity index (χ2n) is 6.85. The van der Waals surface area contributed by atoms with Gasteiger partial charge in [-0.25, -0.2) is 4.79 Å². The summed E-state index contributed by atoms with van der Waals surface area (Å²) >= 11 is 0. The van der Waals surface area contributed by atoms with E-state index in [0.29, 0.717) is 23.8 Å². The molecule has 1 atom stereocenters. The van der Waals surface area contributed by atoms with Crippen LogP contribution < -0.4 is 10.1 Å². The number of aryl methyl sites for hydroxylation is 1. The van der Waals surface area contributed by atoms with E-state index in [1.54, 1.807) is 11.6 Å². The third kappa shape index (κ3) is 3.69. The van der Waals surface area contributed by atoms with Gasteiger partial charge < -0.3 is 14.8 Å². The highest BCUT2D eigenvalue weighted by atomic mass is 16.5. The Hall–Kier alpha value is -3.68. The van der Waals surface area contributed by atoms with E-state index < -0.39 is 12.0 Å². The summed E-state index contributed by atoms with van der Waals surface area (Å²) in [6.07, 6.45) is 0. The number of nitrogens with one attached hydrogen (secondary N) is 1. The molecule has 0 amide bonds. The lowest BCUT2D eigenvalue weighted by atomic mass is 9.96. The minimum absolute atomic E-state index is 0.430. The summed E-state index contributed by atoms with van der Waals surface area (Å²) in [6, 6.07) is 15.3. The van der Waals surface area contributed by atoms with Gasteiger partial charge in [0.15, 0.2) is 0 Å². The molecule has 8 heteroatoms. The fourth-order valence-electron chi connectivity index (χ4n) is 3.29. The van der Waals surface area contributed by atoms with E-state index >= 15 is 0 Å². The molecule has 0 saturated heterocycles. The summed E-state index contributed by atoms with van der Waals surface area (Å²) in [5.74, 6) is 0.779. The molecular formula is C21H21N5O3. The first-order valence-electron chi connectivity index (χ1n) is 9.19.